The second-order valence-electron chi connectivity index (χ2n) is 4.18. The second kappa shape index (κ2) is 3.66. The number of amides is 1. The highest BCUT2D eigenvalue weighted by Crippen LogP contribution is 2.27. The molecule has 2 fully saturated rings. The lowest BCUT2D eigenvalue weighted by Gasteiger charge is -2.29. The Bertz CT molecular complexity index is 201. The van der Waals surface area contributed by atoms with Crippen molar-refractivity contribution in [1.82, 2.24) is 10.2 Å². The minimum absolute atomic E-state index is 0.0973. The highest BCUT2D eigenvalue weighted by molar-refractivity contribution is 5.83. The first-order valence-electron chi connectivity index (χ1n) is 5.33. The molecular weight excluding hydrogens is 164 g/mol. The number of nitrogens with one attached hydrogen (secondary N) is 1. The van der Waals surface area contributed by atoms with Crippen molar-refractivity contribution in [1.29, 1.82) is 0 Å². The molecule has 1 unspecified atom stereocenters. The third-order valence-corrected chi connectivity index (χ3v) is 3.25. The molecule has 1 amide bonds. The van der Waals surface area contributed by atoms with Crippen LogP contribution in [0.4, 0.5) is 0 Å². The first kappa shape index (κ1) is 9.00. The van der Waals surface area contributed by atoms with Gasteiger partial charge >= 0.3 is 0 Å². The molecule has 1 saturated carbocycles. The summed E-state index contributed by atoms with van der Waals surface area (Å²) in [7, 11) is 0. The standard InChI is InChI=1S/C10H18N2O/c1-2-9-10(13)12(7-11-9)6-8-4-3-5-8/h8-9,11H,2-7H2,1H3. The van der Waals surface area contributed by atoms with Gasteiger partial charge in [-0.2, -0.15) is 0 Å². The number of hydrogen-bond donors (Lipinski definition) is 1. The van der Waals surface area contributed by atoms with E-state index in [1.54, 1.807) is 0 Å². The minimum Gasteiger partial charge on any atom is -0.328 e. The van der Waals surface area contributed by atoms with E-state index in [9.17, 15) is 4.79 Å². The largest absolute Gasteiger partial charge is 0.328 e. The third-order valence-electron chi connectivity index (χ3n) is 3.25. The fourth-order valence-electron chi connectivity index (χ4n) is 2.07. The maximum atomic E-state index is 11.7. The van der Waals surface area contributed by atoms with Crippen molar-refractivity contribution in [2.75, 3.05) is 13.2 Å². The molecule has 3 heteroatoms. The van der Waals surface area contributed by atoms with Gasteiger partial charge in [0.15, 0.2) is 0 Å². The van der Waals surface area contributed by atoms with Crippen LogP contribution in [0.1, 0.15) is 32.6 Å². The molecule has 0 bridgehead atoms. The van der Waals surface area contributed by atoms with E-state index < -0.39 is 0 Å². The molecule has 74 valence electrons. The van der Waals surface area contributed by atoms with Gasteiger partial charge in [-0.05, 0) is 25.2 Å². The second-order valence-corrected chi connectivity index (χ2v) is 4.18. The fraction of sp³-hybridized carbons (Fsp3) is 0.900. The average molecular weight is 182 g/mol. The summed E-state index contributed by atoms with van der Waals surface area (Å²) in [6, 6.07) is 0.0973. The van der Waals surface area contributed by atoms with Crippen LogP contribution in [0.5, 0.6) is 0 Å². The predicted molar refractivity (Wildman–Crippen MR) is 51.1 cm³/mol. The maximum Gasteiger partial charge on any atom is 0.240 e. The van der Waals surface area contributed by atoms with Gasteiger partial charge in [0.05, 0.1) is 12.7 Å². The molecular formula is C10H18N2O. The molecule has 1 heterocycles. The van der Waals surface area contributed by atoms with Gasteiger partial charge in [-0.15, -0.1) is 0 Å². The molecule has 1 saturated heterocycles. The van der Waals surface area contributed by atoms with Crippen LogP contribution in [0.25, 0.3) is 0 Å². The van der Waals surface area contributed by atoms with E-state index >= 15 is 0 Å². The van der Waals surface area contributed by atoms with Crippen molar-refractivity contribution in [3.8, 4) is 0 Å². The van der Waals surface area contributed by atoms with Gasteiger partial charge in [0.2, 0.25) is 5.91 Å². The van der Waals surface area contributed by atoms with E-state index in [4.69, 9.17) is 0 Å². The zero-order valence-electron chi connectivity index (χ0n) is 8.25. The first-order chi connectivity index (χ1) is 6.31. The van der Waals surface area contributed by atoms with Crippen LogP contribution in [-0.4, -0.2) is 30.1 Å². The lowest BCUT2D eigenvalue weighted by Crippen LogP contribution is -2.35. The van der Waals surface area contributed by atoms with Gasteiger partial charge < -0.3 is 4.90 Å². The molecule has 0 aromatic heterocycles. The van der Waals surface area contributed by atoms with E-state index in [-0.39, 0.29) is 6.04 Å². The smallest absolute Gasteiger partial charge is 0.240 e. The Kier molecular flexibility index (Phi) is 2.54. The van der Waals surface area contributed by atoms with Gasteiger partial charge in [-0.1, -0.05) is 13.3 Å². The van der Waals surface area contributed by atoms with Crippen LogP contribution in [0.3, 0.4) is 0 Å². The molecule has 0 aromatic carbocycles. The van der Waals surface area contributed by atoms with Crippen molar-refractivity contribution in [3.63, 3.8) is 0 Å². The summed E-state index contributed by atoms with van der Waals surface area (Å²) >= 11 is 0. The number of carbonyl (C=O) groups excluding carboxylic acids is 1. The van der Waals surface area contributed by atoms with Crippen LogP contribution in [-0.2, 0) is 4.79 Å². The monoisotopic (exact) mass is 182 g/mol. The van der Waals surface area contributed by atoms with Gasteiger partial charge in [0.1, 0.15) is 0 Å². The number of rotatable bonds is 3. The zero-order valence-corrected chi connectivity index (χ0v) is 8.25. The van der Waals surface area contributed by atoms with Gasteiger partial charge in [-0.3, -0.25) is 10.1 Å². The Hall–Kier alpha value is -0.570. The number of carbonyl (C=O) groups is 1. The topological polar surface area (TPSA) is 32.3 Å². The quantitative estimate of drug-likeness (QED) is 0.705. The molecule has 0 aromatic rings. The maximum absolute atomic E-state index is 11.7. The molecule has 1 atom stereocenters. The van der Waals surface area contributed by atoms with Gasteiger partial charge in [0.25, 0.3) is 0 Å². The fourth-order valence-corrected chi connectivity index (χ4v) is 2.07. The van der Waals surface area contributed by atoms with Crippen LogP contribution in [0.2, 0.25) is 0 Å². The van der Waals surface area contributed by atoms with Gasteiger partial charge in [0, 0.05) is 6.54 Å². The lowest BCUT2D eigenvalue weighted by atomic mass is 9.85. The molecule has 1 aliphatic heterocycles. The van der Waals surface area contributed by atoms with Crippen molar-refractivity contribution in [2.24, 2.45) is 5.92 Å². The summed E-state index contributed by atoms with van der Waals surface area (Å²) in [4.78, 5) is 13.7. The Balaban J connectivity index is 1.83. The van der Waals surface area contributed by atoms with E-state index in [0.717, 1.165) is 25.6 Å². The summed E-state index contributed by atoms with van der Waals surface area (Å²) in [6.07, 6.45) is 4.92. The van der Waals surface area contributed by atoms with E-state index in [0.29, 0.717) is 5.91 Å². The molecule has 2 rings (SSSR count). The molecule has 1 aliphatic carbocycles. The summed E-state index contributed by atoms with van der Waals surface area (Å²) < 4.78 is 0. The van der Waals surface area contributed by atoms with Crippen LogP contribution in [0, 0.1) is 5.92 Å². The summed E-state index contributed by atoms with van der Waals surface area (Å²) in [5, 5.41) is 3.24. The van der Waals surface area contributed by atoms with Gasteiger partial charge in [-0.25, -0.2) is 0 Å². The van der Waals surface area contributed by atoms with Crippen molar-refractivity contribution in [2.45, 2.75) is 38.6 Å². The van der Waals surface area contributed by atoms with E-state index in [2.05, 4.69) is 12.2 Å². The summed E-state index contributed by atoms with van der Waals surface area (Å²) in [5.41, 5.74) is 0. The van der Waals surface area contributed by atoms with Crippen LogP contribution < -0.4 is 5.32 Å². The Labute approximate surface area is 79.5 Å². The summed E-state index contributed by atoms with van der Waals surface area (Å²) in [6.45, 7) is 3.82. The molecule has 3 nitrogen and oxygen atoms in total. The molecule has 2 aliphatic rings. The third kappa shape index (κ3) is 1.70. The SMILES string of the molecule is CCC1NCN(CC2CCC2)C1=O. The van der Waals surface area contributed by atoms with Crippen LogP contribution >= 0.6 is 0 Å². The number of nitrogens with zero attached hydrogens (tertiary/aromatic N) is 1. The highest BCUT2D eigenvalue weighted by atomic mass is 16.2. The average Bonchev–Trinajstić information content (AvgIpc) is 2.40. The van der Waals surface area contributed by atoms with Crippen molar-refractivity contribution in [3.05, 3.63) is 0 Å². The highest BCUT2D eigenvalue weighted by Gasteiger charge is 2.32. The zero-order chi connectivity index (χ0) is 9.26. The first-order valence-corrected chi connectivity index (χ1v) is 5.33. The minimum atomic E-state index is 0.0973. The molecule has 0 radical (unpaired) electrons. The van der Waals surface area contributed by atoms with E-state index in [1.807, 2.05) is 4.90 Å². The van der Waals surface area contributed by atoms with Crippen molar-refractivity contribution >= 4 is 5.91 Å². The lowest BCUT2D eigenvalue weighted by molar-refractivity contribution is -0.129. The molecule has 1 N–H and O–H groups in total. The Morgan fingerprint density at radius 1 is 1.54 bits per heavy atom. The molecule has 0 spiro atoms. The predicted octanol–water partition coefficient (Wildman–Crippen LogP) is 0.954. The Morgan fingerprint density at radius 2 is 2.31 bits per heavy atom. The summed E-state index contributed by atoms with van der Waals surface area (Å²) in [5.74, 6) is 1.11. The van der Waals surface area contributed by atoms with E-state index in [1.165, 1.54) is 19.3 Å². The number of hydrogen-bond acceptors (Lipinski definition) is 2. The van der Waals surface area contributed by atoms with Crippen LogP contribution in [0.15, 0.2) is 0 Å². The normalized spacial score (nSPS) is 29.5. The molecule has 13 heavy (non-hydrogen) atoms. The Morgan fingerprint density at radius 3 is 2.77 bits per heavy atom. The van der Waals surface area contributed by atoms with Crippen molar-refractivity contribution < 1.29 is 4.79 Å².